The minimum atomic E-state index is -0.220. The van der Waals surface area contributed by atoms with Crippen molar-refractivity contribution in [2.24, 2.45) is 0 Å². The summed E-state index contributed by atoms with van der Waals surface area (Å²) >= 11 is 0. The van der Waals surface area contributed by atoms with Crippen LogP contribution in [-0.4, -0.2) is 109 Å². The lowest BCUT2D eigenvalue weighted by Crippen LogP contribution is -2.56. The van der Waals surface area contributed by atoms with E-state index < -0.39 is 0 Å². The van der Waals surface area contributed by atoms with Gasteiger partial charge in [0.05, 0.1) is 11.6 Å². The number of hydrogen-bond donors (Lipinski definition) is 0. The highest BCUT2D eigenvalue weighted by molar-refractivity contribution is 5.73. The van der Waals surface area contributed by atoms with Crippen LogP contribution < -0.4 is 4.74 Å². The summed E-state index contributed by atoms with van der Waals surface area (Å²) in [5, 5.41) is 8.88. The lowest BCUT2D eigenvalue weighted by atomic mass is 10.2. The van der Waals surface area contributed by atoms with Crippen molar-refractivity contribution in [1.29, 1.82) is 5.26 Å². The zero-order valence-corrected chi connectivity index (χ0v) is 19.3. The number of piperazine rings is 2. The van der Waals surface area contributed by atoms with Crippen molar-refractivity contribution in [2.45, 2.75) is 31.8 Å². The summed E-state index contributed by atoms with van der Waals surface area (Å²) in [6, 6.07) is 9.97. The number of amides is 2. The van der Waals surface area contributed by atoms with E-state index in [9.17, 15) is 9.59 Å². The quantitative estimate of drug-likeness (QED) is 0.614. The highest BCUT2D eigenvalue weighted by Crippen LogP contribution is 2.30. The molecule has 3 aliphatic rings. The standard InChI is InChI=1S/C24H33N5O4/c1-19(30)27-10-8-26(9-11-27)12-14-33-24(31)28-17-21-4-5-22(18-28)29(21)13-15-32-23-6-2-20(16-25)3-7-23/h2-3,6-7,21-22H,4-5,8-15,17-18H2,1H3. The normalized spacial score (nSPS) is 23.3. The first-order chi connectivity index (χ1) is 16.0. The Hall–Kier alpha value is -2.83. The fourth-order valence-electron chi connectivity index (χ4n) is 5.04. The third-order valence-electron chi connectivity index (χ3n) is 6.94. The van der Waals surface area contributed by atoms with E-state index in [0.29, 0.717) is 50.5 Å². The molecule has 2 atom stereocenters. The van der Waals surface area contributed by atoms with Gasteiger partial charge in [0.25, 0.3) is 0 Å². The monoisotopic (exact) mass is 455 g/mol. The molecule has 0 aliphatic carbocycles. The van der Waals surface area contributed by atoms with Gasteiger partial charge < -0.3 is 19.3 Å². The second-order valence-electron chi connectivity index (χ2n) is 8.97. The molecule has 3 heterocycles. The topological polar surface area (TPSA) is 89.3 Å². The van der Waals surface area contributed by atoms with E-state index in [1.807, 2.05) is 21.9 Å². The van der Waals surface area contributed by atoms with Crippen molar-refractivity contribution < 1.29 is 19.1 Å². The fourth-order valence-corrected chi connectivity index (χ4v) is 5.04. The maximum absolute atomic E-state index is 12.6. The van der Waals surface area contributed by atoms with Gasteiger partial charge >= 0.3 is 6.09 Å². The van der Waals surface area contributed by atoms with Crippen molar-refractivity contribution in [3.8, 4) is 11.8 Å². The van der Waals surface area contributed by atoms with E-state index in [1.54, 1.807) is 19.1 Å². The second kappa shape index (κ2) is 10.9. The SMILES string of the molecule is CC(=O)N1CCN(CCOC(=O)N2CC3CCC(C2)N3CCOc2ccc(C#N)cc2)CC1. The number of carbonyl (C=O) groups is 2. The molecular formula is C24H33N5O4. The molecule has 0 radical (unpaired) electrons. The van der Waals surface area contributed by atoms with Crippen LogP contribution in [0.15, 0.2) is 24.3 Å². The van der Waals surface area contributed by atoms with Crippen molar-refractivity contribution in [3.63, 3.8) is 0 Å². The van der Waals surface area contributed by atoms with Gasteiger partial charge in [0.2, 0.25) is 5.91 Å². The molecule has 1 aromatic carbocycles. The highest BCUT2D eigenvalue weighted by Gasteiger charge is 2.41. The van der Waals surface area contributed by atoms with Gasteiger partial charge in [-0.05, 0) is 37.1 Å². The first-order valence-electron chi connectivity index (χ1n) is 11.8. The predicted molar refractivity (Wildman–Crippen MR) is 122 cm³/mol. The van der Waals surface area contributed by atoms with Crippen LogP contribution in [0.3, 0.4) is 0 Å². The summed E-state index contributed by atoms with van der Waals surface area (Å²) in [5.74, 6) is 0.891. The van der Waals surface area contributed by atoms with Crippen molar-refractivity contribution in [3.05, 3.63) is 29.8 Å². The number of rotatable bonds is 7. The summed E-state index contributed by atoms with van der Waals surface area (Å²) in [4.78, 5) is 32.5. The first kappa shape index (κ1) is 23.3. The Labute approximate surface area is 195 Å². The Balaban J connectivity index is 1.15. The van der Waals surface area contributed by atoms with Crippen LogP contribution in [0.2, 0.25) is 0 Å². The molecule has 9 nitrogen and oxygen atoms in total. The van der Waals surface area contributed by atoms with E-state index in [-0.39, 0.29) is 12.0 Å². The molecule has 2 bridgehead atoms. The Morgan fingerprint density at radius 3 is 2.24 bits per heavy atom. The van der Waals surface area contributed by atoms with Crippen LogP contribution in [-0.2, 0) is 9.53 Å². The molecule has 0 saturated carbocycles. The third-order valence-corrected chi connectivity index (χ3v) is 6.94. The van der Waals surface area contributed by atoms with Crippen LogP contribution >= 0.6 is 0 Å². The number of nitriles is 1. The number of fused-ring (bicyclic) bond motifs is 2. The Morgan fingerprint density at radius 2 is 1.64 bits per heavy atom. The molecule has 2 unspecified atom stereocenters. The van der Waals surface area contributed by atoms with E-state index in [4.69, 9.17) is 14.7 Å². The van der Waals surface area contributed by atoms with Gasteiger partial charge in [-0.25, -0.2) is 4.79 Å². The lowest BCUT2D eigenvalue weighted by molar-refractivity contribution is -0.130. The number of ether oxygens (including phenoxy) is 2. The smallest absolute Gasteiger partial charge is 0.409 e. The first-order valence-corrected chi connectivity index (χ1v) is 11.8. The van der Waals surface area contributed by atoms with Gasteiger partial charge in [-0.3, -0.25) is 14.6 Å². The molecule has 1 aromatic rings. The highest BCUT2D eigenvalue weighted by atomic mass is 16.6. The number of benzene rings is 1. The van der Waals surface area contributed by atoms with Gasteiger partial charge in [0.1, 0.15) is 19.0 Å². The largest absolute Gasteiger partial charge is 0.492 e. The predicted octanol–water partition coefficient (Wildman–Crippen LogP) is 1.39. The average molecular weight is 456 g/mol. The van der Waals surface area contributed by atoms with Crippen LogP contribution in [0.4, 0.5) is 4.79 Å². The molecule has 0 N–H and O–H groups in total. The van der Waals surface area contributed by atoms with Crippen molar-refractivity contribution in [1.82, 2.24) is 19.6 Å². The van der Waals surface area contributed by atoms with Crippen molar-refractivity contribution in [2.75, 3.05) is 65.6 Å². The second-order valence-corrected chi connectivity index (χ2v) is 8.97. The fraction of sp³-hybridized carbons (Fsp3) is 0.625. The summed E-state index contributed by atoms with van der Waals surface area (Å²) < 4.78 is 11.4. The Morgan fingerprint density at radius 1 is 0.970 bits per heavy atom. The Kier molecular flexibility index (Phi) is 7.68. The zero-order valence-electron chi connectivity index (χ0n) is 19.3. The number of carbonyl (C=O) groups excluding carboxylic acids is 2. The number of nitrogens with zero attached hydrogens (tertiary/aromatic N) is 5. The molecular weight excluding hydrogens is 422 g/mol. The molecule has 3 fully saturated rings. The summed E-state index contributed by atoms with van der Waals surface area (Å²) in [7, 11) is 0. The van der Waals surface area contributed by atoms with E-state index in [2.05, 4.69) is 15.9 Å². The summed E-state index contributed by atoms with van der Waals surface area (Å²) in [5.41, 5.74) is 0.624. The lowest BCUT2D eigenvalue weighted by Gasteiger charge is -2.40. The summed E-state index contributed by atoms with van der Waals surface area (Å²) in [6.07, 6.45) is 1.96. The third kappa shape index (κ3) is 5.95. The van der Waals surface area contributed by atoms with Crippen LogP contribution in [0.25, 0.3) is 0 Å². The maximum atomic E-state index is 12.6. The molecule has 2 amide bonds. The van der Waals surface area contributed by atoms with Crippen molar-refractivity contribution >= 4 is 12.0 Å². The van der Waals surface area contributed by atoms with Gasteiger partial charge in [0.15, 0.2) is 0 Å². The van der Waals surface area contributed by atoms with Gasteiger partial charge in [-0.1, -0.05) is 0 Å². The molecule has 33 heavy (non-hydrogen) atoms. The number of hydrogen-bond acceptors (Lipinski definition) is 7. The van der Waals surface area contributed by atoms with E-state index in [0.717, 1.165) is 51.3 Å². The minimum Gasteiger partial charge on any atom is -0.492 e. The maximum Gasteiger partial charge on any atom is 0.409 e. The zero-order chi connectivity index (χ0) is 23.2. The summed E-state index contributed by atoms with van der Waals surface area (Å²) in [6.45, 7) is 8.62. The average Bonchev–Trinajstić information content (AvgIpc) is 3.06. The molecule has 4 rings (SSSR count). The molecule has 0 aromatic heterocycles. The Bertz CT molecular complexity index is 849. The molecule has 0 spiro atoms. The minimum absolute atomic E-state index is 0.121. The molecule has 3 aliphatic heterocycles. The van der Waals surface area contributed by atoms with Crippen LogP contribution in [0.1, 0.15) is 25.3 Å². The molecule has 178 valence electrons. The molecule has 3 saturated heterocycles. The molecule has 9 heteroatoms. The van der Waals surface area contributed by atoms with Gasteiger partial charge in [-0.2, -0.15) is 5.26 Å². The van der Waals surface area contributed by atoms with Crippen LogP contribution in [0.5, 0.6) is 5.75 Å². The van der Waals surface area contributed by atoms with Crippen LogP contribution in [0, 0.1) is 11.3 Å². The van der Waals surface area contributed by atoms with E-state index in [1.165, 1.54) is 0 Å². The van der Waals surface area contributed by atoms with E-state index >= 15 is 0 Å². The van der Waals surface area contributed by atoms with Gasteiger partial charge in [-0.15, -0.1) is 0 Å². The van der Waals surface area contributed by atoms with Gasteiger partial charge in [0, 0.05) is 71.4 Å². The number of likely N-dealkylation sites (tertiary alicyclic amines) is 1.